The summed E-state index contributed by atoms with van der Waals surface area (Å²) in [6.45, 7) is 3.69. The van der Waals surface area contributed by atoms with Crippen molar-refractivity contribution in [3.8, 4) is 0 Å². The lowest BCUT2D eigenvalue weighted by Crippen LogP contribution is -2.54. The van der Waals surface area contributed by atoms with Crippen LogP contribution in [0.3, 0.4) is 0 Å². The zero-order valence-electron chi connectivity index (χ0n) is 15.7. The Labute approximate surface area is 158 Å². The fourth-order valence-corrected chi connectivity index (χ4v) is 2.87. The molecule has 0 radical (unpaired) electrons. The minimum atomic E-state index is -0.737. The van der Waals surface area contributed by atoms with Gasteiger partial charge in [-0.25, -0.2) is 9.69 Å². The molecule has 1 aliphatic rings. The topological polar surface area (TPSA) is 69.7 Å². The number of hydrogen-bond acceptors (Lipinski definition) is 4. The molecule has 3 rings (SSSR count). The van der Waals surface area contributed by atoms with Gasteiger partial charge in [0.1, 0.15) is 5.57 Å². The van der Waals surface area contributed by atoms with Crippen molar-refractivity contribution in [3.63, 3.8) is 0 Å². The largest absolute Gasteiger partial charge is 0.378 e. The second kappa shape index (κ2) is 7.07. The summed E-state index contributed by atoms with van der Waals surface area (Å²) in [6.07, 6.45) is 1.50. The first-order chi connectivity index (χ1) is 12.8. The second-order valence-corrected chi connectivity index (χ2v) is 6.73. The van der Waals surface area contributed by atoms with Crippen molar-refractivity contribution < 1.29 is 14.4 Å². The van der Waals surface area contributed by atoms with Gasteiger partial charge < -0.3 is 4.90 Å². The van der Waals surface area contributed by atoms with Gasteiger partial charge in [0.2, 0.25) is 0 Å². The van der Waals surface area contributed by atoms with Gasteiger partial charge in [-0.05, 0) is 54.8 Å². The number of nitrogens with zero attached hydrogens (tertiary/aromatic N) is 2. The predicted octanol–water partition coefficient (Wildman–Crippen LogP) is 3.04. The average molecular weight is 363 g/mol. The maximum absolute atomic E-state index is 13.0. The van der Waals surface area contributed by atoms with Crippen LogP contribution in [-0.4, -0.2) is 31.9 Å². The second-order valence-electron chi connectivity index (χ2n) is 6.73. The summed E-state index contributed by atoms with van der Waals surface area (Å²) >= 11 is 0. The molecule has 27 heavy (non-hydrogen) atoms. The lowest BCUT2D eigenvalue weighted by Gasteiger charge is -2.27. The molecule has 0 unspecified atom stereocenters. The van der Waals surface area contributed by atoms with Crippen molar-refractivity contribution in [3.05, 3.63) is 64.7 Å². The van der Waals surface area contributed by atoms with Crippen LogP contribution in [-0.2, 0) is 9.59 Å². The third kappa shape index (κ3) is 3.60. The molecule has 0 atom stereocenters. The van der Waals surface area contributed by atoms with Gasteiger partial charge in [0.15, 0.2) is 0 Å². The van der Waals surface area contributed by atoms with Crippen molar-refractivity contribution in [2.75, 3.05) is 23.9 Å². The molecule has 2 aromatic rings. The highest BCUT2D eigenvalue weighted by Gasteiger charge is 2.37. The minimum Gasteiger partial charge on any atom is -0.378 e. The number of barbiturate groups is 1. The van der Waals surface area contributed by atoms with Gasteiger partial charge in [-0.2, -0.15) is 0 Å². The molecule has 4 amide bonds. The van der Waals surface area contributed by atoms with Crippen molar-refractivity contribution in [1.29, 1.82) is 0 Å². The number of carbonyl (C=O) groups is 3. The smallest absolute Gasteiger partial charge is 0.335 e. The summed E-state index contributed by atoms with van der Waals surface area (Å²) in [7, 11) is 3.86. The van der Waals surface area contributed by atoms with Gasteiger partial charge in [-0.3, -0.25) is 14.9 Å². The van der Waals surface area contributed by atoms with E-state index < -0.39 is 17.8 Å². The van der Waals surface area contributed by atoms with Crippen LogP contribution in [0, 0.1) is 13.8 Å². The number of aryl methyl sites for hydroxylation is 2. The van der Waals surface area contributed by atoms with Crippen molar-refractivity contribution in [1.82, 2.24) is 5.32 Å². The lowest BCUT2D eigenvalue weighted by atomic mass is 10.0. The van der Waals surface area contributed by atoms with E-state index in [0.717, 1.165) is 21.7 Å². The summed E-state index contributed by atoms with van der Waals surface area (Å²) in [5.74, 6) is -1.32. The number of amides is 4. The molecular weight excluding hydrogens is 342 g/mol. The number of rotatable bonds is 3. The highest BCUT2D eigenvalue weighted by Crippen LogP contribution is 2.26. The quantitative estimate of drug-likeness (QED) is 0.672. The van der Waals surface area contributed by atoms with Crippen molar-refractivity contribution in [2.45, 2.75) is 13.8 Å². The lowest BCUT2D eigenvalue weighted by molar-refractivity contribution is -0.122. The molecule has 1 N–H and O–H groups in total. The molecule has 1 aliphatic heterocycles. The summed E-state index contributed by atoms with van der Waals surface area (Å²) in [4.78, 5) is 40.5. The van der Waals surface area contributed by atoms with E-state index in [0.29, 0.717) is 11.3 Å². The summed E-state index contributed by atoms with van der Waals surface area (Å²) < 4.78 is 0. The number of imide groups is 2. The number of urea groups is 1. The highest BCUT2D eigenvalue weighted by molar-refractivity contribution is 6.39. The van der Waals surface area contributed by atoms with E-state index in [1.54, 1.807) is 6.07 Å². The summed E-state index contributed by atoms with van der Waals surface area (Å²) in [5, 5.41) is 2.26. The van der Waals surface area contributed by atoms with Gasteiger partial charge in [-0.15, -0.1) is 0 Å². The zero-order valence-corrected chi connectivity index (χ0v) is 15.7. The van der Waals surface area contributed by atoms with Crippen molar-refractivity contribution in [2.24, 2.45) is 0 Å². The van der Waals surface area contributed by atoms with Crippen LogP contribution in [0.15, 0.2) is 48.0 Å². The summed E-state index contributed by atoms with van der Waals surface area (Å²) in [6, 6.07) is 12.2. The predicted molar refractivity (Wildman–Crippen MR) is 106 cm³/mol. The number of hydrogen-bond donors (Lipinski definition) is 1. The van der Waals surface area contributed by atoms with Gasteiger partial charge >= 0.3 is 6.03 Å². The van der Waals surface area contributed by atoms with Crippen LogP contribution in [0.2, 0.25) is 0 Å². The summed E-state index contributed by atoms with van der Waals surface area (Å²) in [5.41, 5.74) is 3.79. The van der Waals surface area contributed by atoms with Crippen LogP contribution in [0.25, 0.3) is 6.08 Å². The molecule has 1 saturated heterocycles. The van der Waals surface area contributed by atoms with E-state index >= 15 is 0 Å². The Morgan fingerprint density at radius 1 is 0.963 bits per heavy atom. The van der Waals surface area contributed by atoms with E-state index in [2.05, 4.69) is 5.32 Å². The number of benzene rings is 2. The van der Waals surface area contributed by atoms with Gasteiger partial charge in [0.25, 0.3) is 11.8 Å². The standard InChI is InChI=1S/C21H21N3O3/c1-13-5-6-14(2)18(11-13)24-20(26)17(19(25)22-21(24)27)12-15-7-9-16(10-8-15)23(3)4/h5-12H,1-4H3,(H,22,25,27). The fourth-order valence-electron chi connectivity index (χ4n) is 2.87. The van der Waals surface area contributed by atoms with Gasteiger partial charge in [0, 0.05) is 19.8 Å². The van der Waals surface area contributed by atoms with Gasteiger partial charge in [0.05, 0.1) is 5.69 Å². The zero-order chi connectivity index (χ0) is 19.7. The van der Waals surface area contributed by atoms with Gasteiger partial charge in [-0.1, -0.05) is 24.3 Å². The monoisotopic (exact) mass is 363 g/mol. The molecule has 0 bridgehead atoms. The average Bonchev–Trinajstić information content (AvgIpc) is 2.61. The number of anilines is 2. The van der Waals surface area contributed by atoms with Crippen LogP contribution < -0.4 is 15.1 Å². The molecule has 6 nitrogen and oxygen atoms in total. The molecule has 1 fully saturated rings. The Morgan fingerprint density at radius 3 is 2.26 bits per heavy atom. The molecule has 0 saturated carbocycles. The third-order valence-corrected chi connectivity index (χ3v) is 4.43. The molecule has 0 aromatic heterocycles. The van der Waals surface area contributed by atoms with E-state index in [1.165, 1.54) is 6.08 Å². The first-order valence-corrected chi connectivity index (χ1v) is 8.54. The maximum Gasteiger partial charge on any atom is 0.335 e. The van der Waals surface area contributed by atoms with Crippen molar-refractivity contribution >= 4 is 35.3 Å². The Morgan fingerprint density at radius 2 is 1.63 bits per heavy atom. The highest BCUT2D eigenvalue weighted by atomic mass is 16.2. The maximum atomic E-state index is 13.0. The van der Waals surface area contributed by atoms with Crippen LogP contribution in [0.5, 0.6) is 0 Å². The number of carbonyl (C=O) groups excluding carboxylic acids is 3. The fraction of sp³-hybridized carbons (Fsp3) is 0.190. The molecule has 0 aliphatic carbocycles. The molecule has 1 heterocycles. The molecule has 0 spiro atoms. The van der Waals surface area contributed by atoms with E-state index in [-0.39, 0.29) is 5.57 Å². The third-order valence-electron chi connectivity index (χ3n) is 4.43. The number of nitrogens with one attached hydrogen (secondary N) is 1. The Hall–Kier alpha value is -3.41. The molecule has 138 valence electrons. The Balaban J connectivity index is 2.00. The van der Waals surface area contributed by atoms with E-state index in [9.17, 15) is 14.4 Å². The minimum absolute atomic E-state index is 0.0758. The first-order valence-electron chi connectivity index (χ1n) is 8.54. The van der Waals surface area contributed by atoms with E-state index in [1.807, 2.05) is 69.2 Å². The normalized spacial score (nSPS) is 15.9. The molecule has 2 aromatic carbocycles. The Bertz CT molecular complexity index is 959. The Kier molecular flexibility index (Phi) is 4.81. The molecular formula is C21H21N3O3. The SMILES string of the molecule is Cc1ccc(C)c(N2C(=O)NC(=O)C(=Cc3ccc(N(C)C)cc3)C2=O)c1. The van der Waals surface area contributed by atoms with E-state index in [4.69, 9.17) is 0 Å². The van der Waals surface area contributed by atoms with Crippen LogP contribution in [0.1, 0.15) is 16.7 Å². The van der Waals surface area contributed by atoms with Crippen LogP contribution in [0.4, 0.5) is 16.2 Å². The molecule has 6 heteroatoms. The first kappa shape index (κ1) is 18.4. The van der Waals surface area contributed by atoms with Crippen LogP contribution >= 0.6 is 0 Å².